The highest BCUT2D eigenvalue weighted by molar-refractivity contribution is 6.22. The summed E-state index contributed by atoms with van der Waals surface area (Å²) >= 11 is 0. The molecule has 2 heteroatoms. The monoisotopic (exact) mass is 664 g/mol. The predicted octanol–water partition coefficient (Wildman–Crippen LogP) is 13.7. The van der Waals surface area contributed by atoms with Gasteiger partial charge in [0.15, 0.2) is 0 Å². The van der Waals surface area contributed by atoms with E-state index < -0.39 is 0 Å². The topological polar surface area (TPSA) is 8.17 Å². The number of nitrogens with zero attached hydrogens (tertiary/aromatic N) is 2. The van der Waals surface area contributed by atoms with Crippen molar-refractivity contribution in [1.29, 1.82) is 0 Å². The van der Waals surface area contributed by atoms with Gasteiger partial charge in [-0.05, 0) is 123 Å². The van der Waals surface area contributed by atoms with Crippen LogP contribution in [0.4, 0.5) is 17.1 Å². The molecule has 1 aliphatic carbocycles. The van der Waals surface area contributed by atoms with Crippen molar-refractivity contribution in [2.45, 2.75) is 12.8 Å². The zero-order valence-electron chi connectivity index (χ0n) is 28.8. The lowest BCUT2D eigenvalue weighted by atomic mass is 9.85. The van der Waals surface area contributed by atoms with Gasteiger partial charge in [-0.25, -0.2) is 0 Å². The van der Waals surface area contributed by atoms with Crippen molar-refractivity contribution >= 4 is 55.6 Å². The van der Waals surface area contributed by atoms with Crippen molar-refractivity contribution in [1.82, 2.24) is 4.57 Å². The van der Waals surface area contributed by atoms with Gasteiger partial charge < -0.3 is 9.47 Å². The van der Waals surface area contributed by atoms with Crippen molar-refractivity contribution < 1.29 is 0 Å². The first-order chi connectivity index (χ1) is 25.8. The van der Waals surface area contributed by atoms with E-state index in [1.54, 1.807) is 0 Å². The lowest BCUT2D eigenvalue weighted by Crippen LogP contribution is -2.10. The first-order valence-corrected chi connectivity index (χ1v) is 18.2. The summed E-state index contributed by atoms with van der Waals surface area (Å²) in [6, 6.07) is 66.3. The molecule has 0 unspecified atom stereocenters. The van der Waals surface area contributed by atoms with Crippen LogP contribution in [-0.2, 0) is 6.42 Å². The third-order valence-corrected chi connectivity index (χ3v) is 10.6. The maximum Gasteiger partial charge on any atom is 0.0539 e. The van der Waals surface area contributed by atoms with E-state index >= 15 is 0 Å². The Morgan fingerprint density at radius 1 is 0.423 bits per heavy atom. The number of rotatable bonds is 6. The van der Waals surface area contributed by atoms with Crippen LogP contribution in [0.15, 0.2) is 188 Å². The molecule has 52 heavy (non-hydrogen) atoms. The number of para-hydroxylation sites is 2. The van der Waals surface area contributed by atoms with Gasteiger partial charge >= 0.3 is 0 Å². The summed E-state index contributed by atoms with van der Waals surface area (Å²) in [6.45, 7) is 0. The summed E-state index contributed by atoms with van der Waals surface area (Å²) in [5.74, 6) is 0. The Hall–Kier alpha value is -6.64. The van der Waals surface area contributed by atoms with E-state index in [0.29, 0.717) is 0 Å². The molecule has 8 aromatic carbocycles. The number of hydrogen-bond acceptors (Lipinski definition) is 1. The molecule has 0 fully saturated rings. The van der Waals surface area contributed by atoms with E-state index in [0.717, 1.165) is 29.9 Å². The Morgan fingerprint density at radius 2 is 0.942 bits per heavy atom. The standard InChI is InChI=1S/C50H36N2/c1-5-17-35(18-6-1)49-42-26-13-14-27-43(42)50(36-19-7-2-8-20-36)46-34-39(29-31-44(46)49)51(37-21-9-3-10-22-37)40-30-32-48-45(33-40)41-25-15-16-28-47(41)52(48)38-23-11-4-12-24-38/h1-14,16-24,26-34H,15,25H2. The largest absolute Gasteiger partial charge is 0.310 e. The number of anilines is 3. The van der Waals surface area contributed by atoms with Crippen LogP contribution in [-0.4, -0.2) is 4.57 Å². The summed E-state index contributed by atoms with van der Waals surface area (Å²) in [4.78, 5) is 2.43. The van der Waals surface area contributed by atoms with Gasteiger partial charge in [-0.3, -0.25) is 0 Å². The van der Waals surface area contributed by atoms with Crippen LogP contribution < -0.4 is 4.90 Å². The van der Waals surface area contributed by atoms with Crippen molar-refractivity contribution in [3.05, 3.63) is 199 Å². The Labute approximate surface area is 304 Å². The van der Waals surface area contributed by atoms with Crippen molar-refractivity contribution in [3.63, 3.8) is 0 Å². The van der Waals surface area contributed by atoms with Crippen LogP contribution in [0.1, 0.15) is 17.7 Å². The SMILES string of the molecule is C1=Cc2c(c3cc(N(c4ccccc4)c4ccc5c(-c6ccccc6)c6ccccc6c(-c6ccccc6)c5c4)ccc3n2-c2ccccc2)CC1. The zero-order chi connectivity index (χ0) is 34.4. The van der Waals surface area contributed by atoms with Crippen LogP contribution in [0.3, 0.4) is 0 Å². The Balaban J connectivity index is 1.25. The highest BCUT2D eigenvalue weighted by Crippen LogP contribution is 2.47. The van der Waals surface area contributed by atoms with Gasteiger partial charge in [0.25, 0.3) is 0 Å². The number of allylic oxidation sites excluding steroid dienone is 1. The minimum absolute atomic E-state index is 1.03. The molecular weight excluding hydrogens is 629 g/mol. The van der Waals surface area contributed by atoms with Gasteiger partial charge in [0.1, 0.15) is 0 Å². The third kappa shape index (κ3) is 4.95. The highest BCUT2D eigenvalue weighted by Gasteiger charge is 2.23. The van der Waals surface area contributed by atoms with Gasteiger partial charge in [-0.1, -0.05) is 133 Å². The maximum absolute atomic E-state index is 2.43. The molecule has 0 saturated heterocycles. The van der Waals surface area contributed by atoms with E-state index in [1.807, 2.05) is 0 Å². The minimum Gasteiger partial charge on any atom is -0.310 e. The van der Waals surface area contributed by atoms with Gasteiger partial charge in [-0.15, -0.1) is 0 Å². The quantitative estimate of drug-likeness (QED) is 0.161. The Morgan fingerprint density at radius 3 is 1.60 bits per heavy atom. The van der Waals surface area contributed by atoms with E-state index in [9.17, 15) is 0 Å². The van der Waals surface area contributed by atoms with E-state index in [1.165, 1.54) is 71.6 Å². The van der Waals surface area contributed by atoms with Gasteiger partial charge in [0.2, 0.25) is 0 Å². The van der Waals surface area contributed by atoms with Gasteiger partial charge in [0, 0.05) is 33.8 Å². The lowest BCUT2D eigenvalue weighted by Gasteiger charge is -2.27. The molecule has 1 aliphatic rings. The molecule has 9 aromatic rings. The predicted molar refractivity (Wildman–Crippen MR) is 221 cm³/mol. The second-order valence-electron chi connectivity index (χ2n) is 13.6. The van der Waals surface area contributed by atoms with Crippen LogP contribution in [0.5, 0.6) is 0 Å². The van der Waals surface area contributed by atoms with Crippen LogP contribution >= 0.6 is 0 Å². The minimum atomic E-state index is 1.03. The molecule has 2 nitrogen and oxygen atoms in total. The highest BCUT2D eigenvalue weighted by atomic mass is 15.1. The maximum atomic E-state index is 2.43. The molecule has 10 rings (SSSR count). The summed E-state index contributed by atoms with van der Waals surface area (Å²) in [5, 5.41) is 6.31. The van der Waals surface area contributed by atoms with Crippen molar-refractivity contribution in [2.75, 3.05) is 4.90 Å². The van der Waals surface area contributed by atoms with Crippen LogP contribution in [0.2, 0.25) is 0 Å². The number of fused-ring (bicyclic) bond motifs is 5. The zero-order valence-corrected chi connectivity index (χ0v) is 28.8. The molecule has 0 radical (unpaired) electrons. The molecule has 1 aromatic heterocycles. The Bertz CT molecular complexity index is 2760. The first-order valence-electron chi connectivity index (χ1n) is 18.2. The van der Waals surface area contributed by atoms with Crippen LogP contribution in [0.25, 0.3) is 66.5 Å². The van der Waals surface area contributed by atoms with E-state index in [2.05, 4.69) is 204 Å². The van der Waals surface area contributed by atoms with Crippen LogP contribution in [0, 0.1) is 0 Å². The molecule has 0 bridgehead atoms. The first kappa shape index (κ1) is 30.2. The second kappa shape index (κ2) is 12.6. The lowest BCUT2D eigenvalue weighted by molar-refractivity contribution is 0.967. The number of benzene rings is 8. The average Bonchev–Trinajstić information content (AvgIpc) is 3.55. The summed E-state index contributed by atoms with van der Waals surface area (Å²) in [7, 11) is 0. The normalized spacial score (nSPS) is 12.4. The molecule has 0 N–H and O–H groups in total. The Kier molecular flexibility index (Phi) is 7.32. The molecule has 1 heterocycles. The fourth-order valence-corrected chi connectivity index (χ4v) is 8.38. The molecular formula is C50H36N2. The fraction of sp³-hybridized carbons (Fsp3) is 0.0400. The number of aromatic nitrogens is 1. The van der Waals surface area contributed by atoms with Crippen molar-refractivity contribution in [3.8, 4) is 27.9 Å². The molecule has 0 amide bonds. The second-order valence-corrected chi connectivity index (χ2v) is 13.6. The third-order valence-electron chi connectivity index (χ3n) is 10.6. The number of aryl methyl sites for hydroxylation is 1. The van der Waals surface area contributed by atoms with E-state index in [4.69, 9.17) is 0 Å². The molecule has 0 spiro atoms. The van der Waals surface area contributed by atoms with Gasteiger partial charge in [-0.2, -0.15) is 0 Å². The van der Waals surface area contributed by atoms with E-state index in [-0.39, 0.29) is 0 Å². The molecule has 0 aliphatic heterocycles. The molecule has 0 saturated carbocycles. The average molecular weight is 665 g/mol. The summed E-state index contributed by atoms with van der Waals surface area (Å²) < 4.78 is 2.43. The van der Waals surface area contributed by atoms with Crippen molar-refractivity contribution in [2.24, 2.45) is 0 Å². The number of hydrogen-bond donors (Lipinski definition) is 0. The summed E-state index contributed by atoms with van der Waals surface area (Å²) in [6.07, 6.45) is 6.70. The fourth-order valence-electron chi connectivity index (χ4n) is 8.38. The summed E-state index contributed by atoms with van der Waals surface area (Å²) in [5.41, 5.74) is 13.5. The molecule has 246 valence electrons. The smallest absolute Gasteiger partial charge is 0.0539 e. The van der Waals surface area contributed by atoms with Gasteiger partial charge in [0.05, 0.1) is 5.52 Å². The molecule has 0 atom stereocenters.